The molecule has 3 heterocycles. The molecule has 142 valence electrons. The number of amides is 2. The zero-order valence-corrected chi connectivity index (χ0v) is 15.3. The second-order valence-electron chi connectivity index (χ2n) is 7.40. The molecule has 4 rings (SSSR count). The first-order valence-electron chi connectivity index (χ1n) is 9.53. The van der Waals surface area contributed by atoms with E-state index in [9.17, 15) is 9.59 Å². The molecule has 2 amide bonds. The number of hydrogen-bond acceptors (Lipinski definition) is 5. The minimum Gasteiger partial charge on any atom is -0.352 e. The zero-order valence-electron chi connectivity index (χ0n) is 15.3. The fraction of sp³-hybridized carbons (Fsp3) is 0.526. The van der Waals surface area contributed by atoms with E-state index in [0.29, 0.717) is 18.0 Å². The quantitative estimate of drug-likeness (QED) is 0.827. The third-order valence-electron chi connectivity index (χ3n) is 5.25. The maximum Gasteiger partial charge on any atom is 0.252 e. The second kappa shape index (κ2) is 7.85. The smallest absolute Gasteiger partial charge is 0.252 e. The first-order valence-corrected chi connectivity index (χ1v) is 9.53. The SMILES string of the molecule is O=C(NCC1CC1)c1ccc([C@H]2CCCN(C(=O)Cn3cncn3)C2)nc1. The normalized spacial score (nSPS) is 19.7. The van der Waals surface area contributed by atoms with Crippen LogP contribution in [0.3, 0.4) is 0 Å². The number of nitrogens with one attached hydrogen (secondary N) is 1. The molecule has 0 spiro atoms. The lowest BCUT2D eigenvalue weighted by Crippen LogP contribution is -2.41. The van der Waals surface area contributed by atoms with Crippen molar-refractivity contribution in [3.63, 3.8) is 0 Å². The molecule has 2 fully saturated rings. The van der Waals surface area contributed by atoms with Gasteiger partial charge in [0.2, 0.25) is 5.91 Å². The van der Waals surface area contributed by atoms with Gasteiger partial charge in [0.1, 0.15) is 19.2 Å². The Bertz CT molecular complexity index is 785. The number of carbonyl (C=O) groups excluding carboxylic acids is 2. The van der Waals surface area contributed by atoms with Crippen LogP contribution in [0.15, 0.2) is 31.0 Å². The van der Waals surface area contributed by atoms with E-state index < -0.39 is 0 Å². The van der Waals surface area contributed by atoms with Crippen LogP contribution in [0, 0.1) is 5.92 Å². The van der Waals surface area contributed by atoms with Gasteiger partial charge < -0.3 is 10.2 Å². The topological polar surface area (TPSA) is 93.0 Å². The number of aromatic nitrogens is 4. The summed E-state index contributed by atoms with van der Waals surface area (Å²) in [7, 11) is 0. The number of likely N-dealkylation sites (tertiary alicyclic amines) is 1. The molecule has 1 aliphatic heterocycles. The summed E-state index contributed by atoms with van der Waals surface area (Å²) >= 11 is 0. The van der Waals surface area contributed by atoms with Crippen molar-refractivity contribution in [3.8, 4) is 0 Å². The van der Waals surface area contributed by atoms with E-state index in [1.54, 1.807) is 17.2 Å². The maximum atomic E-state index is 12.5. The van der Waals surface area contributed by atoms with Crippen LogP contribution in [0.25, 0.3) is 0 Å². The van der Waals surface area contributed by atoms with Crippen molar-refractivity contribution in [2.75, 3.05) is 19.6 Å². The van der Waals surface area contributed by atoms with E-state index in [4.69, 9.17) is 0 Å². The highest BCUT2D eigenvalue weighted by atomic mass is 16.2. The molecule has 2 aromatic heterocycles. The Hall–Kier alpha value is -2.77. The number of hydrogen-bond donors (Lipinski definition) is 1. The predicted molar refractivity (Wildman–Crippen MR) is 97.9 cm³/mol. The summed E-state index contributed by atoms with van der Waals surface area (Å²) in [6, 6.07) is 3.75. The number of nitrogens with zero attached hydrogens (tertiary/aromatic N) is 5. The van der Waals surface area contributed by atoms with Gasteiger partial charge in [-0.25, -0.2) is 9.67 Å². The summed E-state index contributed by atoms with van der Waals surface area (Å²) in [6.45, 7) is 2.37. The van der Waals surface area contributed by atoms with Crippen LogP contribution in [0.5, 0.6) is 0 Å². The van der Waals surface area contributed by atoms with E-state index in [2.05, 4.69) is 20.4 Å². The number of carbonyl (C=O) groups is 2. The monoisotopic (exact) mass is 368 g/mol. The molecular formula is C19H24N6O2. The van der Waals surface area contributed by atoms with Gasteiger partial charge in [-0.3, -0.25) is 14.6 Å². The largest absolute Gasteiger partial charge is 0.352 e. The van der Waals surface area contributed by atoms with Gasteiger partial charge in [0.25, 0.3) is 5.91 Å². The molecule has 27 heavy (non-hydrogen) atoms. The second-order valence-corrected chi connectivity index (χ2v) is 7.40. The molecule has 1 saturated heterocycles. The Balaban J connectivity index is 1.34. The highest BCUT2D eigenvalue weighted by molar-refractivity contribution is 5.93. The Morgan fingerprint density at radius 3 is 2.81 bits per heavy atom. The molecule has 2 aromatic rings. The Kier molecular flexibility index (Phi) is 5.13. The van der Waals surface area contributed by atoms with E-state index in [1.807, 2.05) is 17.0 Å². The van der Waals surface area contributed by atoms with Crippen LogP contribution in [-0.2, 0) is 11.3 Å². The average molecular weight is 368 g/mol. The van der Waals surface area contributed by atoms with Gasteiger partial charge in [-0.05, 0) is 43.7 Å². The molecule has 2 aliphatic rings. The number of pyridine rings is 1. The molecule has 0 bridgehead atoms. The molecule has 8 heteroatoms. The summed E-state index contributed by atoms with van der Waals surface area (Å²) in [5, 5.41) is 6.95. The molecule has 0 aromatic carbocycles. The third kappa shape index (κ3) is 4.50. The molecule has 8 nitrogen and oxygen atoms in total. The molecule has 0 radical (unpaired) electrons. The summed E-state index contributed by atoms with van der Waals surface area (Å²) in [6.07, 6.45) is 8.99. The zero-order chi connectivity index (χ0) is 18.6. The van der Waals surface area contributed by atoms with E-state index in [-0.39, 0.29) is 24.3 Å². The van der Waals surface area contributed by atoms with Gasteiger partial charge in [-0.2, -0.15) is 5.10 Å². The molecule has 1 saturated carbocycles. The van der Waals surface area contributed by atoms with E-state index in [1.165, 1.54) is 19.2 Å². The number of piperidine rings is 1. The summed E-state index contributed by atoms with van der Waals surface area (Å²) in [5.41, 5.74) is 1.53. The molecule has 1 atom stereocenters. The minimum absolute atomic E-state index is 0.0428. The van der Waals surface area contributed by atoms with Gasteiger partial charge in [0.05, 0.1) is 5.56 Å². The van der Waals surface area contributed by atoms with Crippen molar-refractivity contribution in [1.29, 1.82) is 0 Å². The highest BCUT2D eigenvalue weighted by Crippen LogP contribution is 2.28. The van der Waals surface area contributed by atoms with Gasteiger partial charge in [0, 0.05) is 37.4 Å². The van der Waals surface area contributed by atoms with Crippen LogP contribution in [0.1, 0.15) is 47.7 Å². The first-order chi connectivity index (χ1) is 13.2. The molecule has 1 aliphatic carbocycles. The number of rotatable bonds is 6. The van der Waals surface area contributed by atoms with Crippen molar-refractivity contribution in [2.24, 2.45) is 5.92 Å². The van der Waals surface area contributed by atoms with Crippen molar-refractivity contribution in [2.45, 2.75) is 38.1 Å². The average Bonchev–Trinajstić information content (AvgIpc) is 3.41. The molecule has 1 N–H and O–H groups in total. The van der Waals surface area contributed by atoms with Gasteiger partial charge in [0.15, 0.2) is 0 Å². The lowest BCUT2D eigenvalue weighted by molar-refractivity contribution is -0.133. The Morgan fingerprint density at radius 2 is 2.11 bits per heavy atom. The van der Waals surface area contributed by atoms with Gasteiger partial charge in [-0.1, -0.05) is 0 Å². The third-order valence-corrected chi connectivity index (χ3v) is 5.25. The summed E-state index contributed by atoms with van der Waals surface area (Å²) in [5.74, 6) is 0.835. The fourth-order valence-electron chi connectivity index (χ4n) is 3.44. The van der Waals surface area contributed by atoms with E-state index >= 15 is 0 Å². The minimum atomic E-state index is -0.0609. The standard InChI is InChI=1S/C19H24N6O2/c26-18(11-25-13-20-12-23-25)24-7-1-2-16(10-24)17-6-5-15(9-21-17)19(27)22-8-14-3-4-14/h5-6,9,12-14,16H,1-4,7-8,10-11H2,(H,22,27)/t16-/m0/s1. The maximum absolute atomic E-state index is 12.5. The Morgan fingerprint density at radius 1 is 1.22 bits per heavy atom. The summed E-state index contributed by atoms with van der Waals surface area (Å²) < 4.78 is 1.54. The first kappa shape index (κ1) is 17.6. The van der Waals surface area contributed by atoms with Gasteiger partial charge >= 0.3 is 0 Å². The predicted octanol–water partition coefficient (Wildman–Crippen LogP) is 1.22. The van der Waals surface area contributed by atoms with Crippen molar-refractivity contribution < 1.29 is 9.59 Å². The van der Waals surface area contributed by atoms with Crippen LogP contribution < -0.4 is 5.32 Å². The molecule has 0 unspecified atom stereocenters. The van der Waals surface area contributed by atoms with Crippen LogP contribution in [-0.4, -0.2) is 56.1 Å². The van der Waals surface area contributed by atoms with Crippen LogP contribution in [0.4, 0.5) is 0 Å². The lowest BCUT2D eigenvalue weighted by atomic mass is 9.94. The van der Waals surface area contributed by atoms with Crippen LogP contribution in [0.2, 0.25) is 0 Å². The lowest BCUT2D eigenvalue weighted by Gasteiger charge is -2.32. The summed E-state index contributed by atoms with van der Waals surface area (Å²) in [4.78, 5) is 34.9. The van der Waals surface area contributed by atoms with Gasteiger partial charge in [-0.15, -0.1) is 0 Å². The van der Waals surface area contributed by atoms with Crippen molar-refractivity contribution >= 4 is 11.8 Å². The Labute approximate surface area is 158 Å². The van der Waals surface area contributed by atoms with Crippen molar-refractivity contribution in [1.82, 2.24) is 30.0 Å². The van der Waals surface area contributed by atoms with Crippen molar-refractivity contribution in [3.05, 3.63) is 42.2 Å². The highest BCUT2D eigenvalue weighted by Gasteiger charge is 2.26. The van der Waals surface area contributed by atoms with Crippen LogP contribution >= 0.6 is 0 Å². The fourth-order valence-corrected chi connectivity index (χ4v) is 3.44. The van der Waals surface area contributed by atoms with E-state index in [0.717, 1.165) is 31.6 Å². The molecular weight excluding hydrogens is 344 g/mol.